The van der Waals surface area contributed by atoms with Crippen LogP contribution in [0.3, 0.4) is 0 Å². The average Bonchev–Trinajstić information content (AvgIpc) is 2.83. The third-order valence-electron chi connectivity index (χ3n) is 5.96. The van der Waals surface area contributed by atoms with Crippen molar-refractivity contribution < 1.29 is 28.5 Å². The molecule has 1 heterocycles. The molecule has 0 spiro atoms. The van der Waals surface area contributed by atoms with Gasteiger partial charge in [0.2, 0.25) is 0 Å². The molecule has 6 nitrogen and oxygen atoms in total. The second-order valence-corrected chi connectivity index (χ2v) is 9.55. The van der Waals surface area contributed by atoms with Gasteiger partial charge in [0, 0.05) is 13.1 Å². The van der Waals surface area contributed by atoms with Crippen molar-refractivity contribution in [2.24, 2.45) is 5.92 Å². The lowest BCUT2D eigenvalue weighted by molar-refractivity contribution is -0.0238. The molecule has 0 aromatic heterocycles. The molecule has 1 atom stereocenters. The van der Waals surface area contributed by atoms with Crippen molar-refractivity contribution in [3.63, 3.8) is 0 Å². The Hall–Kier alpha value is -2.64. The number of ether oxygens (including phenoxy) is 3. The summed E-state index contributed by atoms with van der Waals surface area (Å²) in [5.41, 5.74) is -0.152. The monoisotopic (exact) mass is 473 g/mol. The molecular weight excluding hydrogens is 437 g/mol. The number of alkyl halides is 1. The minimum absolute atomic E-state index is 0.0686. The lowest BCUT2D eigenvalue weighted by atomic mass is 9.72. The summed E-state index contributed by atoms with van der Waals surface area (Å²) >= 11 is 0. The zero-order valence-electron chi connectivity index (χ0n) is 20.3. The van der Waals surface area contributed by atoms with Crippen LogP contribution in [0, 0.1) is 5.92 Å². The van der Waals surface area contributed by atoms with E-state index in [4.69, 9.17) is 14.2 Å². The Bertz CT molecular complexity index is 891. The third-order valence-corrected chi connectivity index (χ3v) is 5.96. The molecule has 3 rings (SSSR count). The highest BCUT2D eigenvalue weighted by molar-refractivity contribution is 5.68. The van der Waals surface area contributed by atoms with Gasteiger partial charge in [-0.15, -0.1) is 0 Å². The second kappa shape index (κ2) is 11.7. The zero-order chi connectivity index (χ0) is 24.6. The number of benzene rings is 2. The van der Waals surface area contributed by atoms with Gasteiger partial charge in [-0.05, 0) is 62.8 Å². The van der Waals surface area contributed by atoms with Gasteiger partial charge < -0.3 is 24.2 Å². The molecule has 0 radical (unpaired) electrons. The molecule has 1 amide bonds. The molecule has 1 aliphatic heterocycles. The highest BCUT2D eigenvalue weighted by Gasteiger charge is 2.42. The van der Waals surface area contributed by atoms with E-state index in [0.29, 0.717) is 44.9 Å². The molecule has 1 N–H and O–H groups in total. The molecule has 0 aliphatic carbocycles. The van der Waals surface area contributed by atoms with Gasteiger partial charge in [0.1, 0.15) is 30.2 Å². The number of hydrogen-bond donors (Lipinski definition) is 1. The number of rotatable bonds is 9. The number of aliphatic hydroxyl groups is 1. The molecule has 34 heavy (non-hydrogen) atoms. The van der Waals surface area contributed by atoms with Gasteiger partial charge in [0.05, 0.1) is 13.2 Å². The highest BCUT2D eigenvalue weighted by Crippen LogP contribution is 2.42. The minimum Gasteiger partial charge on any atom is -0.491 e. The fourth-order valence-corrected chi connectivity index (χ4v) is 4.32. The van der Waals surface area contributed by atoms with Crippen LogP contribution in [0.15, 0.2) is 54.6 Å². The van der Waals surface area contributed by atoms with E-state index in [1.807, 2.05) is 75.4 Å². The Morgan fingerprint density at radius 2 is 1.59 bits per heavy atom. The maximum atomic E-state index is 12.5. The van der Waals surface area contributed by atoms with Crippen molar-refractivity contribution in [1.29, 1.82) is 0 Å². The van der Waals surface area contributed by atoms with Crippen LogP contribution in [0.25, 0.3) is 0 Å². The molecule has 1 saturated heterocycles. The zero-order valence-corrected chi connectivity index (χ0v) is 20.3. The van der Waals surface area contributed by atoms with Gasteiger partial charge in [-0.25, -0.2) is 9.18 Å². The van der Waals surface area contributed by atoms with Crippen LogP contribution in [-0.2, 0) is 15.1 Å². The molecule has 0 unspecified atom stereocenters. The second-order valence-electron chi connectivity index (χ2n) is 9.55. The SMILES string of the molecule is CC(C)(C)OC(=O)N1CCC([C@](O)(c2ccccc2)c2ccc(OCCOCCF)cc2)CC1. The fraction of sp³-hybridized carbons (Fsp3) is 0.519. The van der Waals surface area contributed by atoms with Crippen molar-refractivity contribution in [3.05, 3.63) is 65.7 Å². The largest absolute Gasteiger partial charge is 0.491 e. The van der Waals surface area contributed by atoms with E-state index in [-0.39, 0.29) is 18.6 Å². The number of carbonyl (C=O) groups excluding carboxylic acids is 1. The standard InChI is InChI=1S/C27H36FNO5/c1-26(2,3)34-25(30)29-16-13-23(14-17-29)27(31,21-7-5-4-6-8-21)22-9-11-24(12-10-22)33-20-19-32-18-15-28/h4-12,23,31H,13-20H2,1-3H3/t27-/m0/s1. The van der Waals surface area contributed by atoms with Crippen LogP contribution >= 0.6 is 0 Å². The van der Waals surface area contributed by atoms with Crippen LogP contribution in [0.2, 0.25) is 0 Å². The van der Waals surface area contributed by atoms with Gasteiger partial charge in [-0.2, -0.15) is 0 Å². The Morgan fingerprint density at radius 3 is 2.18 bits per heavy atom. The van der Waals surface area contributed by atoms with Crippen LogP contribution in [0.5, 0.6) is 5.75 Å². The Balaban J connectivity index is 1.73. The summed E-state index contributed by atoms with van der Waals surface area (Å²) in [5.74, 6) is 0.581. The van der Waals surface area contributed by atoms with Crippen LogP contribution in [0.1, 0.15) is 44.7 Å². The molecule has 7 heteroatoms. The normalized spacial score (nSPS) is 16.7. The lowest BCUT2D eigenvalue weighted by Crippen LogP contribution is -2.47. The molecule has 1 fully saturated rings. The summed E-state index contributed by atoms with van der Waals surface area (Å²) in [6, 6.07) is 17.1. The van der Waals surface area contributed by atoms with E-state index in [0.717, 1.165) is 11.1 Å². The van der Waals surface area contributed by atoms with E-state index >= 15 is 0 Å². The minimum atomic E-state index is -1.20. The number of amides is 1. The highest BCUT2D eigenvalue weighted by atomic mass is 19.1. The first kappa shape index (κ1) is 26.0. The van der Waals surface area contributed by atoms with Crippen LogP contribution in [0.4, 0.5) is 9.18 Å². The van der Waals surface area contributed by atoms with Crippen molar-refractivity contribution in [3.8, 4) is 5.75 Å². The van der Waals surface area contributed by atoms with Crippen LogP contribution < -0.4 is 4.74 Å². The van der Waals surface area contributed by atoms with E-state index < -0.39 is 17.9 Å². The fourth-order valence-electron chi connectivity index (χ4n) is 4.32. The Labute approximate surface area is 201 Å². The molecule has 186 valence electrons. The first-order valence-corrected chi connectivity index (χ1v) is 11.9. The van der Waals surface area contributed by atoms with Crippen molar-refractivity contribution in [2.45, 2.75) is 44.8 Å². The lowest BCUT2D eigenvalue weighted by Gasteiger charge is -2.42. The smallest absolute Gasteiger partial charge is 0.410 e. The molecule has 1 aliphatic rings. The first-order chi connectivity index (χ1) is 16.2. The predicted molar refractivity (Wildman–Crippen MR) is 129 cm³/mol. The summed E-state index contributed by atoms with van der Waals surface area (Å²) in [6.45, 7) is 6.82. The van der Waals surface area contributed by atoms with Gasteiger partial charge in [0.15, 0.2) is 0 Å². The number of carbonyl (C=O) groups is 1. The first-order valence-electron chi connectivity index (χ1n) is 11.9. The quantitative estimate of drug-likeness (QED) is 0.523. The predicted octanol–water partition coefficient (Wildman–Crippen LogP) is 4.93. The molecule has 0 saturated carbocycles. The van der Waals surface area contributed by atoms with Crippen molar-refractivity contribution >= 4 is 6.09 Å². The summed E-state index contributed by atoms with van der Waals surface area (Å²) in [5, 5.41) is 12.1. The Kier molecular flexibility index (Phi) is 8.91. The molecular formula is C27H36FNO5. The number of nitrogens with zero attached hydrogens (tertiary/aromatic N) is 1. The topological polar surface area (TPSA) is 68.2 Å². The van der Waals surface area contributed by atoms with E-state index in [2.05, 4.69) is 0 Å². The molecule has 2 aromatic rings. The van der Waals surface area contributed by atoms with Crippen molar-refractivity contribution in [1.82, 2.24) is 4.90 Å². The van der Waals surface area contributed by atoms with Crippen molar-refractivity contribution in [2.75, 3.05) is 39.6 Å². The number of piperidine rings is 1. The van der Waals surface area contributed by atoms with E-state index in [1.165, 1.54) is 0 Å². The third kappa shape index (κ3) is 6.70. The van der Waals surface area contributed by atoms with Gasteiger partial charge in [0.25, 0.3) is 0 Å². The maximum absolute atomic E-state index is 12.5. The van der Waals surface area contributed by atoms with E-state index in [9.17, 15) is 14.3 Å². The van der Waals surface area contributed by atoms with Gasteiger partial charge in [-0.3, -0.25) is 0 Å². The van der Waals surface area contributed by atoms with Gasteiger partial charge in [-0.1, -0.05) is 42.5 Å². The number of hydrogen-bond acceptors (Lipinski definition) is 5. The molecule has 2 aromatic carbocycles. The number of likely N-dealkylation sites (tertiary alicyclic amines) is 1. The van der Waals surface area contributed by atoms with Crippen LogP contribution in [-0.4, -0.2) is 61.3 Å². The summed E-state index contributed by atoms with van der Waals surface area (Å²) in [7, 11) is 0. The average molecular weight is 474 g/mol. The number of halogens is 1. The summed E-state index contributed by atoms with van der Waals surface area (Å²) in [4.78, 5) is 14.2. The summed E-state index contributed by atoms with van der Waals surface area (Å²) < 4.78 is 28.4. The van der Waals surface area contributed by atoms with E-state index in [1.54, 1.807) is 4.90 Å². The van der Waals surface area contributed by atoms with Gasteiger partial charge >= 0.3 is 6.09 Å². The summed E-state index contributed by atoms with van der Waals surface area (Å²) in [6.07, 6.45) is 0.982. The maximum Gasteiger partial charge on any atom is 0.410 e. The Morgan fingerprint density at radius 1 is 0.971 bits per heavy atom. The molecule has 0 bridgehead atoms.